The Hall–Kier alpha value is -4.30. The van der Waals surface area contributed by atoms with E-state index in [1.807, 2.05) is 15.9 Å². The van der Waals surface area contributed by atoms with Gasteiger partial charge in [-0.25, -0.2) is 4.98 Å². The van der Waals surface area contributed by atoms with Crippen molar-refractivity contribution in [2.24, 2.45) is 5.92 Å². The predicted molar refractivity (Wildman–Crippen MR) is 199 cm³/mol. The summed E-state index contributed by atoms with van der Waals surface area (Å²) in [4.78, 5) is 28.4. The fourth-order valence-corrected chi connectivity index (χ4v) is 8.74. The van der Waals surface area contributed by atoms with E-state index in [4.69, 9.17) is 5.26 Å². The first-order valence-electron chi connectivity index (χ1n) is 19.1. The van der Waals surface area contributed by atoms with Crippen LogP contribution in [0, 0.1) is 17.2 Å². The van der Waals surface area contributed by atoms with Gasteiger partial charge in [0, 0.05) is 88.4 Å². The van der Waals surface area contributed by atoms with Crippen molar-refractivity contribution in [3.63, 3.8) is 0 Å². The fraction of sp³-hybridized carbons (Fsp3) is 0.537. The lowest BCUT2D eigenvalue weighted by atomic mass is 9.89. The van der Waals surface area contributed by atoms with Crippen LogP contribution in [0.15, 0.2) is 54.7 Å². The highest BCUT2D eigenvalue weighted by molar-refractivity contribution is 5.99. The minimum absolute atomic E-state index is 0.181. The second kappa shape index (κ2) is 15.4. The van der Waals surface area contributed by atoms with Crippen LogP contribution in [0.3, 0.4) is 0 Å². The second-order valence-electron chi connectivity index (χ2n) is 15.2. The Morgan fingerprint density at radius 2 is 1.48 bits per heavy atom. The van der Waals surface area contributed by atoms with Crippen LogP contribution in [0.2, 0.25) is 0 Å². The first-order chi connectivity index (χ1) is 25.1. The molecule has 7 rings (SSSR count). The fourth-order valence-electron chi connectivity index (χ4n) is 8.74. The second-order valence-corrected chi connectivity index (χ2v) is 15.2. The summed E-state index contributed by atoms with van der Waals surface area (Å²) in [5.41, 5.74) is 4.69. The third-order valence-electron chi connectivity index (χ3n) is 11.9. The van der Waals surface area contributed by atoms with Crippen molar-refractivity contribution < 1.29 is 18.0 Å². The van der Waals surface area contributed by atoms with Gasteiger partial charge >= 0.3 is 6.18 Å². The average molecular weight is 714 g/mol. The summed E-state index contributed by atoms with van der Waals surface area (Å²) in [6, 6.07) is 18.3. The zero-order valence-electron chi connectivity index (χ0n) is 30.4. The molecule has 1 aromatic heterocycles. The maximum absolute atomic E-state index is 13.5. The molecule has 276 valence electrons. The summed E-state index contributed by atoms with van der Waals surface area (Å²) in [6.45, 7) is 13.8. The first kappa shape index (κ1) is 36.1. The van der Waals surface area contributed by atoms with Gasteiger partial charge in [0.05, 0.1) is 17.4 Å². The van der Waals surface area contributed by atoms with Crippen LogP contribution in [0.1, 0.15) is 91.0 Å². The number of piperazine rings is 1. The Morgan fingerprint density at radius 3 is 2.13 bits per heavy atom. The van der Waals surface area contributed by atoms with Crippen molar-refractivity contribution in [2.75, 3.05) is 73.6 Å². The Kier molecular flexibility index (Phi) is 10.7. The number of carbonyl (C=O) groups is 1. The molecule has 3 fully saturated rings. The number of rotatable bonds is 9. The zero-order chi connectivity index (χ0) is 36.4. The molecule has 3 saturated heterocycles. The van der Waals surface area contributed by atoms with Gasteiger partial charge in [-0.15, -0.1) is 0 Å². The minimum atomic E-state index is -4.61. The molecule has 0 spiro atoms. The molecule has 0 aliphatic carbocycles. The highest BCUT2D eigenvalue weighted by Gasteiger charge is 2.36. The average Bonchev–Trinajstić information content (AvgIpc) is 3.50. The van der Waals surface area contributed by atoms with Gasteiger partial charge in [0.1, 0.15) is 6.07 Å². The number of pyridine rings is 1. The molecule has 5 heterocycles. The third-order valence-corrected chi connectivity index (χ3v) is 11.9. The summed E-state index contributed by atoms with van der Waals surface area (Å²) in [5.74, 6) is 1.25. The zero-order valence-corrected chi connectivity index (χ0v) is 30.4. The van der Waals surface area contributed by atoms with Gasteiger partial charge in [0.2, 0.25) is 0 Å². The van der Waals surface area contributed by atoms with Crippen molar-refractivity contribution in [1.29, 1.82) is 5.26 Å². The summed E-state index contributed by atoms with van der Waals surface area (Å²) in [7, 11) is 0. The van der Waals surface area contributed by atoms with Gasteiger partial charge in [0.15, 0.2) is 5.69 Å². The van der Waals surface area contributed by atoms with Gasteiger partial charge in [-0.05, 0) is 98.4 Å². The Balaban J connectivity index is 0.845. The maximum atomic E-state index is 13.5. The van der Waals surface area contributed by atoms with E-state index in [0.29, 0.717) is 30.6 Å². The standard InChI is InChI=1S/C41H50F3N7O/c1-3-4-29(2)51-28-33-23-35(9-10-37(33)40(51)52)50-21-19-47(20-22-50)27-30-11-15-48(16-12-30)34-7-5-31(6-8-34)32-13-17-49(18-14-32)36-24-38(41(42,43)44)39(25-45)46-26-36/h5-10,23-24,26,29-30,32H,3-4,11-22,27-28H2,1-2H3. The van der Waals surface area contributed by atoms with E-state index >= 15 is 0 Å². The molecule has 52 heavy (non-hydrogen) atoms. The molecule has 0 radical (unpaired) electrons. The molecule has 3 aromatic rings. The molecule has 0 bridgehead atoms. The number of hydrogen-bond acceptors (Lipinski definition) is 7. The van der Waals surface area contributed by atoms with E-state index in [1.165, 1.54) is 41.5 Å². The van der Waals surface area contributed by atoms with Gasteiger partial charge in [-0.2, -0.15) is 18.4 Å². The molecule has 8 nitrogen and oxygen atoms in total. The van der Waals surface area contributed by atoms with Crippen molar-refractivity contribution in [1.82, 2.24) is 14.8 Å². The van der Waals surface area contributed by atoms with Crippen LogP contribution < -0.4 is 14.7 Å². The van der Waals surface area contributed by atoms with Crippen molar-refractivity contribution in [2.45, 2.75) is 77.1 Å². The molecule has 0 saturated carbocycles. The summed E-state index contributed by atoms with van der Waals surface area (Å²) in [6.07, 6.45) is 2.98. The number of fused-ring (bicyclic) bond motifs is 1. The largest absolute Gasteiger partial charge is 0.419 e. The Labute approximate surface area is 305 Å². The summed E-state index contributed by atoms with van der Waals surface area (Å²) < 4.78 is 40.4. The van der Waals surface area contributed by atoms with Crippen LogP contribution in [0.4, 0.5) is 30.2 Å². The lowest BCUT2D eigenvalue weighted by Gasteiger charge is -2.40. The predicted octanol–water partition coefficient (Wildman–Crippen LogP) is 7.54. The number of hydrogen-bond donors (Lipinski definition) is 0. The number of nitrogens with zero attached hydrogens (tertiary/aromatic N) is 7. The molecule has 4 aliphatic rings. The van der Waals surface area contributed by atoms with Gasteiger partial charge in [-0.3, -0.25) is 9.69 Å². The quantitative estimate of drug-likeness (QED) is 0.227. The van der Waals surface area contributed by atoms with E-state index in [9.17, 15) is 18.0 Å². The highest BCUT2D eigenvalue weighted by Crippen LogP contribution is 2.37. The van der Waals surface area contributed by atoms with E-state index < -0.39 is 17.4 Å². The number of amides is 1. The number of anilines is 3. The SMILES string of the molecule is CCCC(C)N1Cc2cc(N3CCN(CC4CCN(c5ccc(C6CCN(c7cnc(C#N)c(C(F)(F)F)c7)CC6)cc5)CC4)CC3)ccc2C1=O. The molecular weight excluding hydrogens is 663 g/mol. The summed E-state index contributed by atoms with van der Waals surface area (Å²) >= 11 is 0. The Bertz CT molecular complexity index is 1750. The lowest BCUT2D eigenvalue weighted by Crippen LogP contribution is -2.49. The van der Waals surface area contributed by atoms with E-state index in [2.05, 4.69) is 69.9 Å². The maximum Gasteiger partial charge on any atom is 0.419 e. The van der Waals surface area contributed by atoms with Crippen LogP contribution >= 0.6 is 0 Å². The lowest BCUT2D eigenvalue weighted by molar-refractivity contribution is -0.138. The van der Waals surface area contributed by atoms with Gasteiger partial charge in [-0.1, -0.05) is 25.5 Å². The molecule has 1 unspecified atom stereocenters. The van der Waals surface area contributed by atoms with Crippen LogP contribution in [-0.4, -0.2) is 85.6 Å². The van der Waals surface area contributed by atoms with E-state index in [-0.39, 0.29) is 11.9 Å². The van der Waals surface area contributed by atoms with Crippen molar-refractivity contribution >= 4 is 23.0 Å². The van der Waals surface area contributed by atoms with Gasteiger partial charge in [0.25, 0.3) is 5.91 Å². The molecule has 2 aromatic carbocycles. The molecule has 11 heteroatoms. The summed E-state index contributed by atoms with van der Waals surface area (Å²) in [5, 5.41) is 9.06. The van der Waals surface area contributed by atoms with Crippen LogP contribution in [0.5, 0.6) is 0 Å². The van der Waals surface area contributed by atoms with Crippen LogP contribution in [-0.2, 0) is 12.7 Å². The van der Waals surface area contributed by atoms with E-state index in [0.717, 1.165) is 89.7 Å². The highest BCUT2D eigenvalue weighted by atomic mass is 19.4. The number of aromatic nitrogens is 1. The third kappa shape index (κ3) is 7.73. The number of piperidine rings is 2. The van der Waals surface area contributed by atoms with Crippen LogP contribution in [0.25, 0.3) is 0 Å². The van der Waals surface area contributed by atoms with Crippen molar-refractivity contribution in [3.8, 4) is 6.07 Å². The molecule has 1 amide bonds. The molecule has 4 aliphatic heterocycles. The number of nitriles is 1. The number of halogens is 3. The normalized spacial score (nSPS) is 20.0. The van der Waals surface area contributed by atoms with Gasteiger partial charge < -0.3 is 19.6 Å². The van der Waals surface area contributed by atoms with E-state index in [1.54, 1.807) is 6.07 Å². The first-order valence-corrected chi connectivity index (χ1v) is 19.1. The minimum Gasteiger partial charge on any atom is -0.372 e. The monoisotopic (exact) mass is 713 g/mol. The molecular formula is C41H50F3N7O. The number of alkyl halides is 3. The Morgan fingerprint density at radius 1 is 0.846 bits per heavy atom. The number of carbonyl (C=O) groups excluding carboxylic acids is 1. The topological polar surface area (TPSA) is 70.0 Å². The van der Waals surface area contributed by atoms with Crippen molar-refractivity contribution in [3.05, 3.63) is 82.7 Å². The molecule has 1 atom stereocenters. The number of benzene rings is 2. The molecule has 0 N–H and O–H groups in total. The smallest absolute Gasteiger partial charge is 0.372 e.